The van der Waals surface area contributed by atoms with Crippen molar-refractivity contribution in [2.45, 2.75) is 72.1 Å². The van der Waals surface area contributed by atoms with E-state index in [9.17, 15) is 18.8 Å². The molecule has 0 saturated heterocycles. The Bertz CT molecular complexity index is 953. The summed E-state index contributed by atoms with van der Waals surface area (Å²) in [6.45, 7) is 6.17. The maximum absolute atomic E-state index is 14.8. The molecule has 0 radical (unpaired) electrons. The van der Waals surface area contributed by atoms with Crippen LogP contribution in [0, 0.1) is 28.4 Å². The largest absolute Gasteiger partial charge is 0.494 e. The van der Waals surface area contributed by atoms with Gasteiger partial charge in [-0.3, -0.25) is 0 Å². The fourth-order valence-electron chi connectivity index (χ4n) is 3.41. The zero-order valence-corrected chi connectivity index (χ0v) is 19.8. The summed E-state index contributed by atoms with van der Waals surface area (Å²) in [6.07, 6.45) is 7.45. The number of hydrogen-bond donors (Lipinski definition) is 0. The van der Waals surface area contributed by atoms with Crippen molar-refractivity contribution in [2.24, 2.45) is 5.41 Å². The number of rotatable bonds is 13. The van der Waals surface area contributed by atoms with Gasteiger partial charge in [0.05, 0.1) is 12.7 Å². The zero-order chi connectivity index (χ0) is 24.3. The van der Waals surface area contributed by atoms with Gasteiger partial charge in [0.15, 0.2) is 17.0 Å². The van der Waals surface area contributed by atoms with E-state index in [1.807, 2.05) is 13.0 Å². The number of unbranched alkanes of at least 4 members (excludes halogenated alkanes) is 5. The molecule has 6 heteroatoms. The smallest absolute Gasteiger partial charge is 0.331 e. The first kappa shape index (κ1) is 26.3. The van der Waals surface area contributed by atoms with Crippen LogP contribution in [0.5, 0.6) is 11.5 Å². The molecular weight excluding hydrogens is 424 g/mol. The Balaban J connectivity index is 2.06. The Morgan fingerprint density at radius 3 is 2.24 bits per heavy atom. The minimum Gasteiger partial charge on any atom is -0.494 e. The summed E-state index contributed by atoms with van der Waals surface area (Å²) in [7, 11) is 0. The third kappa shape index (κ3) is 7.28. The number of ether oxygens (including phenoxy) is 2. The van der Waals surface area contributed by atoms with Crippen molar-refractivity contribution in [2.75, 3.05) is 6.61 Å². The fourth-order valence-corrected chi connectivity index (χ4v) is 3.41. The Morgan fingerprint density at radius 1 is 0.939 bits per heavy atom. The quantitative estimate of drug-likeness (QED) is 0.176. The molecule has 4 nitrogen and oxygen atoms in total. The van der Waals surface area contributed by atoms with E-state index in [-0.39, 0.29) is 12.0 Å². The molecule has 178 valence electrons. The van der Waals surface area contributed by atoms with Crippen molar-refractivity contribution < 1.29 is 23.0 Å². The van der Waals surface area contributed by atoms with Crippen LogP contribution in [0.3, 0.4) is 0 Å². The number of halogens is 2. The summed E-state index contributed by atoms with van der Waals surface area (Å²) in [5.41, 5.74) is -0.888. The molecular formula is C27H33F2NO3. The van der Waals surface area contributed by atoms with Gasteiger partial charge < -0.3 is 9.47 Å². The molecule has 2 aromatic rings. The van der Waals surface area contributed by atoms with Gasteiger partial charge in [-0.15, -0.1) is 0 Å². The molecule has 0 saturated carbocycles. The van der Waals surface area contributed by atoms with Crippen molar-refractivity contribution in [1.29, 1.82) is 5.26 Å². The molecule has 0 aliphatic rings. The van der Waals surface area contributed by atoms with Gasteiger partial charge in [0.1, 0.15) is 5.75 Å². The Labute approximate surface area is 195 Å². The van der Waals surface area contributed by atoms with E-state index in [0.717, 1.165) is 19.3 Å². The number of hydrogen-bond acceptors (Lipinski definition) is 4. The van der Waals surface area contributed by atoms with E-state index in [1.54, 1.807) is 24.3 Å². The predicted molar refractivity (Wildman–Crippen MR) is 125 cm³/mol. The second-order valence-corrected chi connectivity index (χ2v) is 8.46. The van der Waals surface area contributed by atoms with Crippen LogP contribution in [-0.4, -0.2) is 12.6 Å². The molecule has 2 rings (SSSR count). The highest BCUT2D eigenvalue weighted by molar-refractivity contribution is 5.82. The molecule has 0 N–H and O–H groups in total. The lowest BCUT2D eigenvalue weighted by Gasteiger charge is -2.19. The Hall–Kier alpha value is -2.94. The lowest BCUT2D eigenvalue weighted by Crippen LogP contribution is -2.31. The van der Waals surface area contributed by atoms with Crippen LogP contribution in [0.1, 0.15) is 72.1 Å². The summed E-state index contributed by atoms with van der Waals surface area (Å²) >= 11 is 0. The van der Waals surface area contributed by atoms with Crippen molar-refractivity contribution in [3.05, 3.63) is 48.0 Å². The standard InChI is InChI=1S/C27H33F2NO3/c1-4-6-8-9-10-18-32-21-13-11-20(12-14-21)22-15-16-23(25(29)24(22)28)33-26(31)27(3,19-30)17-7-5-2/h11-16H,4-10,17-18H2,1-3H3. The topological polar surface area (TPSA) is 59.3 Å². The van der Waals surface area contributed by atoms with Crippen LogP contribution in [0.25, 0.3) is 11.1 Å². The highest BCUT2D eigenvalue weighted by Gasteiger charge is 2.35. The molecule has 0 heterocycles. The molecule has 0 aliphatic heterocycles. The minimum absolute atomic E-state index is 0.0486. The molecule has 0 aliphatic carbocycles. The molecule has 0 amide bonds. The zero-order valence-electron chi connectivity index (χ0n) is 19.8. The van der Waals surface area contributed by atoms with E-state index < -0.39 is 28.8 Å². The van der Waals surface area contributed by atoms with Gasteiger partial charge in [0.2, 0.25) is 5.82 Å². The van der Waals surface area contributed by atoms with E-state index >= 15 is 0 Å². The average Bonchev–Trinajstić information content (AvgIpc) is 2.83. The number of esters is 1. The van der Waals surface area contributed by atoms with Gasteiger partial charge in [-0.05, 0) is 49.6 Å². The van der Waals surface area contributed by atoms with Gasteiger partial charge >= 0.3 is 5.97 Å². The lowest BCUT2D eigenvalue weighted by molar-refractivity contribution is -0.142. The number of carbonyl (C=O) groups excluding carboxylic acids is 1. The molecule has 0 bridgehead atoms. The normalized spacial score (nSPS) is 12.6. The third-order valence-electron chi connectivity index (χ3n) is 5.66. The highest BCUT2D eigenvalue weighted by Crippen LogP contribution is 2.33. The maximum atomic E-state index is 14.8. The first-order chi connectivity index (χ1) is 15.9. The van der Waals surface area contributed by atoms with Gasteiger partial charge in [-0.25, -0.2) is 9.18 Å². The number of carbonyl (C=O) groups is 1. The van der Waals surface area contributed by atoms with E-state index in [2.05, 4.69) is 6.92 Å². The van der Waals surface area contributed by atoms with E-state index in [0.29, 0.717) is 24.3 Å². The average molecular weight is 458 g/mol. The molecule has 33 heavy (non-hydrogen) atoms. The Morgan fingerprint density at radius 2 is 1.61 bits per heavy atom. The Kier molecular flexibility index (Phi) is 10.3. The van der Waals surface area contributed by atoms with E-state index in [4.69, 9.17) is 9.47 Å². The first-order valence-electron chi connectivity index (χ1n) is 11.7. The molecule has 0 fully saturated rings. The predicted octanol–water partition coefficient (Wildman–Crippen LogP) is 7.61. The second-order valence-electron chi connectivity index (χ2n) is 8.46. The SMILES string of the molecule is CCCCCCCOc1ccc(-c2ccc(OC(=O)C(C)(C#N)CCCC)c(F)c2F)cc1. The minimum atomic E-state index is -1.41. The third-order valence-corrected chi connectivity index (χ3v) is 5.66. The lowest BCUT2D eigenvalue weighted by atomic mass is 9.87. The van der Waals surface area contributed by atoms with Gasteiger partial charge in [0.25, 0.3) is 0 Å². The molecule has 0 spiro atoms. The van der Waals surface area contributed by atoms with E-state index in [1.165, 1.54) is 38.3 Å². The van der Waals surface area contributed by atoms with Crippen molar-refractivity contribution >= 4 is 5.97 Å². The van der Waals surface area contributed by atoms with Crippen molar-refractivity contribution in [1.82, 2.24) is 0 Å². The summed E-state index contributed by atoms with van der Waals surface area (Å²) in [5, 5.41) is 9.37. The molecule has 2 aromatic carbocycles. The first-order valence-corrected chi connectivity index (χ1v) is 11.7. The van der Waals surface area contributed by atoms with Crippen molar-refractivity contribution in [3.63, 3.8) is 0 Å². The second kappa shape index (κ2) is 12.9. The highest BCUT2D eigenvalue weighted by atomic mass is 19.2. The van der Waals surface area contributed by atoms with Crippen LogP contribution < -0.4 is 9.47 Å². The maximum Gasteiger partial charge on any atom is 0.331 e. The van der Waals surface area contributed by atoms with Gasteiger partial charge in [-0.1, -0.05) is 64.5 Å². The van der Waals surface area contributed by atoms with Gasteiger partial charge in [0, 0.05) is 5.56 Å². The molecule has 1 atom stereocenters. The van der Waals surface area contributed by atoms with Gasteiger partial charge in [-0.2, -0.15) is 9.65 Å². The molecule has 1 unspecified atom stereocenters. The van der Waals surface area contributed by atoms with Crippen LogP contribution in [0.4, 0.5) is 8.78 Å². The number of nitrogens with zero attached hydrogens (tertiary/aromatic N) is 1. The van der Waals surface area contributed by atoms with Crippen LogP contribution in [-0.2, 0) is 4.79 Å². The van der Waals surface area contributed by atoms with Crippen LogP contribution in [0.2, 0.25) is 0 Å². The monoisotopic (exact) mass is 457 g/mol. The fraction of sp³-hybridized carbons (Fsp3) is 0.481. The number of benzene rings is 2. The van der Waals surface area contributed by atoms with Crippen LogP contribution in [0.15, 0.2) is 36.4 Å². The molecule has 0 aromatic heterocycles. The number of nitriles is 1. The summed E-state index contributed by atoms with van der Waals surface area (Å²) in [4.78, 5) is 12.4. The van der Waals surface area contributed by atoms with Crippen molar-refractivity contribution in [3.8, 4) is 28.7 Å². The van der Waals surface area contributed by atoms with Crippen LogP contribution >= 0.6 is 0 Å². The summed E-state index contributed by atoms with van der Waals surface area (Å²) in [6, 6.07) is 11.3. The summed E-state index contributed by atoms with van der Waals surface area (Å²) in [5.74, 6) is -3.12. The summed E-state index contributed by atoms with van der Waals surface area (Å²) < 4.78 is 40.2.